The van der Waals surface area contributed by atoms with Crippen molar-refractivity contribution in [1.82, 2.24) is 0 Å². The fourth-order valence-corrected chi connectivity index (χ4v) is 2.48. The molecule has 0 aliphatic carbocycles. The number of benzene rings is 2. The molecule has 0 radical (unpaired) electrons. The number of esters is 1. The summed E-state index contributed by atoms with van der Waals surface area (Å²) in [7, 11) is -3.38. The van der Waals surface area contributed by atoms with Gasteiger partial charge in [0.2, 0.25) is 0 Å². The van der Waals surface area contributed by atoms with Gasteiger partial charge in [0, 0.05) is 6.26 Å². The highest BCUT2D eigenvalue weighted by Crippen LogP contribution is 2.13. The molecular formula is C16H13NO4S. The summed E-state index contributed by atoms with van der Waals surface area (Å²) >= 11 is 0. The van der Waals surface area contributed by atoms with E-state index in [1.165, 1.54) is 24.3 Å². The number of hydrogen-bond donors (Lipinski definition) is 0. The Labute approximate surface area is 128 Å². The molecule has 0 aromatic heterocycles. The van der Waals surface area contributed by atoms with Crippen LogP contribution in [0.1, 0.15) is 21.5 Å². The Morgan fingerprint density at radius 2 is 1.91 bits per heavy atom. The van der Waals surface area contributed by atoms with Gasteiger partial charge in [-0.05, 0) is 35.9 Å². The predicted octanol–water partition coefficient (Wildman–Crippen LogP) is 2.32. The first-order chi connectivity index (χ1) is 10.4. The maximum atomic E-state index is 12.0. The molecule has 0 bridgehead atoms. The summed E-state index contributed by atoms with van der Waals surface area (Å²) in [5, 5.41) is 8.81. The molecule has 0 heterocycles. The lowest BCUT2D eigenvalue weighted by atomic mass is 10.1. The highest BCUT2D eigenvalue weighted by Gasteiger charge is 2.12. The van der Waals surface area contributed by atoms with E-state index < -0.39 is 15.8 Å². The van der Waals surface area contributed by atoms with E-state index in [9.17, 15) is 13.2 Å². The van der Waals surface area contributed by atoms with E-state index >= 15 is 0 Å². The third-order valence-electron chi connectivity index (χ3n) is 2.92. The molecule has 0 aliphatic heterocycles. The summed E-state index contributed by atoms with van der Waals surface area (Å²) < 4.78 is 28.1. The zero-order valence-electron chi connectivity index (χ0n) is 11.8. The topological polar surface area (TPSA) is 84.2 Å². The van der Waals surface area contributed by atoms with Crippen molar-refractivity contribution in [3.05, 3.63) is 65.2 Å². The highest BCUT2D eigenvalue weighted by molar-refractivity contribution is 7.90. The van der Waals surface area contributed by atoms with E-state index in [1.54, 1.807) is 24.3 Å². The summed E-state index contributed by atoms with van der Waals surface area (Å²) in [5.74, 6) is -0.618. The van der Waals surface area contributed by atoms with E-state index in [4.69, 9.17) is 10.00 Å². The molecule has 2 rings (SSSR count). The van der Waals surface area contributed by atoms with E-state index in [-0.39, 0.29) is 17.1 Å². The van der Waals surface area contributed by atoms with E-state index in [1.807, 2.05) is 6.07 Å². The van der Waals surface area contributed by atoms with Crippen LogP contribution in [0.2, 0.25) is 0 Å². The summed E-state index contributed by atoms with van der Waals surface area (Å²) in [6.45, 7) is 0.0114. The van der Waals surface area contributed by atoms with Crippen LogP contribution in [-0.4, -0.2) is 20.6 Å². The summed E-state index contributed by atoms with van der Waals surface area (Å²) in [5.41, 5.74) is 1.33. The van der Waals surface area contributed by atoms with Gasteiger partial charge in [-0.3, -0.25) is 0 Å². The van der Waals surface area contributed by atoms with Crippen LogP contribution in [0, 0.1) is 11.3 Å². The zero-order valence-corrected chi connectivity index (χ0v) is 12.6. The monoisotopic (exact) mass is 315 g/mol. The minimum atomic E-state index is -3.38. The Hall–Kier alpha value is -2.65. The fraction of sp³-hybridized carbons (Fsp3) is 0.125. The van der Waals surface area contributed by atoms with Gasteiger partial charge >= 0.3 is 5.97 Å². The van der Waals surface area contributed by atoms with Gasteiger partial charge in [-0.2, -0.15) is 5.26 Å². The number of carbonyl (C=O) groups excluding carboxylic acids is 1. The van der Waals surface area contributed by atoms with Gasteiger partial charge in [-0.15, -0.1) is 0 Å². The average Bonchev–Trinajstić information content (AvgIpc) is 2.52. The lowest BCUT2D eigenvalue weighted by Crippen LogP contribution is -2.07. The Bertz CT molecular complexity index is 850. The van der Waals surface area contributed by atoms with Gasteiger partial charge in [-0.1, -0.05) is 18.2 Å². The lowest BCUT2D eigenvalue weighted by molar-refractivity contribution is 0.0472. The van der Waals surface area contributed by atoms with Crippen LogP contribution < -0.4 is 0 Å². The van der Waals surface area contributed by atoms with Gasteiger partial charge in [0.25, 0.3) is 0 Å². The highest BCUT2D eigenvalue weighted by atomic mass is 32.2. The minimum absolute atomic E-state index is 0.0114. The smallest absolute Gasteiger partial charge is 0.338 e. The number of rotatable bonds is 4. The molecule has 112 valence electrons. The van der Waals surface area contributed by atoms with Gasteiger partial charge in [0.05, 0.1) is 22.1 Å². The molecule has 0 aliphatic rings. The molecule has 0 spiro atoms. The molecule has 2 aromatic carbocycles. The molecule has 0 unspecified atom stereocenters. The van der Waals surface area contributed by atoms with Crippen molar-refractivity contribution in [2.24, 2.45) is 0 Å². The molecule has 0 N–H and O–H groups in total. The quantitative estimate of drug-likeness (QED) is 0.808. The van der Waals surface area contributed by atoms with Crippen molar-refractivity contribution in [2.45, 2.75) is 11.5 Å². The number of ether oxygens (including phenoxy) is 1. The first-order valence-electron chi connectivity index (χ1n) is 6.36. The number of nitriles is 1. The second-order valence-corrected chi connectivity index (χ2v) is 6.70. The van der Waals surface area contributed by atoms with E-state index in [0.29, 0.717) is 11.1 Å². The van der Waals surface area contributed by atoms with Crippen molar-refractivity contribution in [2.75, 3.05) is 6.26 Å². The van der Waals surface area contributed by atoms with Crippen LogP contribution in [-0.2, 0) is 21.2 Å². The molecule has 22 heavy (non-hydrogen) atoms. The predicted molar refractivity (Wildman–Crippen MR) is 79.8 cm³/mol. The number of nitrogens with zero attached hydrogens (tertiary/aromatic N) is 1. The first kappa shape index (κ1) is 15.7. The minimum Gasteiger partial charge on any atom is -0.457 e. The molecule has 0 amide bonds. The molecule has 0 atom stereocenters. The molecule has 6 heteroatoms. The van der Waals surface area contributed by atoms with Crippen LogP contribution in [0.25, 0.3) is 0 Å². The normalized spacial score (nSPS) is 10.7. The SMILES string of the molecule is CS(=O)(=O)c1cccc(C(=O)OCc2cccc(C#N)c2)c1. The first-order valence-corrected chi connectivity index (χ1v) is 8.25. The van der Waals surface area contributed by atoms with Gasteiger partial charge < -0.3 is 4.74 Å². The van der Waals surface area contributed by atoms with Crippen molar-refractivity contribution in [1.29, 1.82) is 5.26 Å². The molecule has 0 saturated heterocycles. The Balaban J connectivity index is 2.11. The summed E-state index contributed by atoms with van der Waals surface area (Å²) in [4.78, 5) is 12.0. The summed E-state index contributed by atoms with van der Waals surface area (Å²) in [6, 6.07) is 14.4. The standard InChI is InChI=1S/C16H13NO4S/c1-22(19,20)15-7-3-6-14(9-15)16(18)21-11-13-5-2-4-12(8-13)10-17/h2-9H,11H2,1H3. The largest absolute Gasteiger partial charge is 0.457 e. The molecule has 2 aromatic rings. The Kier molecular flexibility index (Phi) is 4.59. The lowest BCUT2D eigenvalue weighted by Gasteiger charge is -2.06. The van der Waals surface area contributed by atoms with Crippen molar-refractivity contribution in [3.63, 3.8) is 0 Å². The number of sulfone groups is 1. The van der Waals surface area contributed by atoms with E-state index in [2.05, 4.69) is 0 Å². The van der Waals surface area contributed by atoms with Crippen LogP contribution in [0.4, 0.5) is 0 Å². The Morgan fingerprint density at radius 3 is 2.59 bits per heavy atom. The molecular weight excluding hydrogens is 302 g/mol. The van der Waals surface area contributed by atoms with Crippen LogP contribution in [0.5, 0.6) is 0 Å². The van der Waals surface area contributed by atoms with Crippen molar-refractivity contribution in [3.8, 4) is 6.07 Å². The third-order valence-corrected chi connectivity index (χ3v) is 4.03. The average molecular weight is 315 g/mol. The summed E-state index contributed by atoms with van der Waals surface area (Å²) in [6.07, 6.45) is 1.07. The van der Waals surface area contributed by atoms with E-state index in [0.717, 1.165) is 6.26 Å². The van der Waals surface area contributed by atoms with Crippen LogP contribution >= 0.6 is 0 Å². The molecule has 0 saturated carbocycles. The maximum absolute atomic E-state index is 12.0. The second-order valence-electron chi connectivity index (χ2n) is 4.69. The van der Waals surface area contributed by atoms with Crippen LogP contribution in [0.15, 0.2) is 53.4 Å². The third kappa shape index (κ3) is 3.93. The maximum Gasteiger partial charge on any atom is 0.338 e. The van der Waals surface area contributed by atoms with Gasteiger partial charge in [0.15, 0.2) is 9.84 Å². The van der Waals surface area contributed by atoms with Gasteiger partial charge in [0.1, 0.15) is 6.61 Å². The van der Waals surface area contributed by atoms with Gasteiger partial charge in [-0.25, -0.2) is 13.2 Å². The Morgan fingerprint density at radius 1 is 1.18 bits per heavy atom. The van der Waals surface area contributed by atoms with Crippen molar-refractivity contribution >= 4 is 15.8 Å². The fourth-order valence-electron chi connectivity index (χ4n) is 1.82. The van der Waals surface area contributed by atoms with Crippen molar-refractivity contribution < 1.29 is 17.9 Å². The second kappa shape index (κ2) is 6.41. The molecule has 0 fully saturated rings. The number of hydrogen-bond acceptors (Lipinski definition) is 5. The van der Waals surface area contributed by atoms with Crippen LogP contribution in [0.3, 0.4) is 0 Å². The molecule has 5 nitrogen and oxygen atoms in total. The number of carbonyl (C=O) groups is 1. The zero-order chi connectivity index (χ0) is 16.2.